The Morgan fingerprint density at radius 1 is 0.512 bits per heavy atom. The number of hydrogen-bond donors (Lipinski definition) is 0. The van der Waals surface area contributed by atoms with Crippen LogP contribution in [-0.4, -0.2) is 30.1 Å². The number of ether oxygens (including phenoxy) is 3. The van der Waals surface area contributed by atoms with Crippen molar-refractivity contribution in [1.29, 1.82) is 0 Å². The fourth-order valence-corrected chi connectivity index (χ4v) is 4.76. The van der Waals surface area contributed by atoms with Gasteiger partial charge in [0, 0.05) is 0 Å². The molecular weight excluding hydrogens is 540 g/mol. The molecule has 6 nitrogen and oxygen atoms in total. The van der Waals surface area contributed by atoms with Crippen LogP contribution in [0.25, 0.3) is 11.1 Å². The lowest BCUT2D eigenvalue weighted by Crippen LogP contribution is -2.15. The summed E-state index contributed by atoms with van der Waals surface area (Å²) >= 11 is 0. The summed E-state index contributed by atoms with van der Waals surface area (Å²) in [7, 11) is 0. The average molecular weight is 587 g/mol. The molecule has 0 N–H and O–H groups in total. The Bertz CT molecular complexity index is 1280. The van der Waals surface area contributed by atoms with Crippen molar-refractivity contribution in [3.63, 3.8) is 0 Å². The maximum Gasteiger partial charge on any atom is 0.343 e. The molecule has 3 rings (SSSR count). The minimum atomic E-state index is -0.496. The topological polar surface area (TPSA) is 78.9 Å². The molecule has 230 valence electrons. The maximum absolute atomic E-state index is 12.7. The molecule has 0 aliphatic carbocycles. The maximum atomic E-state index is 12.7. The molecule has 0 saturated heterocycles. The van der Waals surface area contributed by atoms with E-state index in [0.717, 1.165) is 49.7 Å². The van der Waals surface area contributed by atoms with Gasteiger partial charge in [0.1, 0.15) is 5.75 Å². The number of unbranched alkanes of at least 4 members (excludes halogenated alkanes) is 6. The number of esters is 3. The normalized spacial score (nSPS) is 12.3. The van der Waals surface area contributed by atoms with Crippen molar-refractivity contribution in [2.75, 3.05) is 0 Å². The zero-order chi connectivity index (χ0) is 31.0. The first-order valence-corrected chi connectivity index (χ1v) is 15.7. The molecule has 0 saturated carbocycles. The Balaban J connectivity index is 1.49. The first kappa shape index (κ1) is 33.6. The highest BCUT2D eigenvalue weighted by Crippen LogP contribution is 2.23. The largest absolute Gasteiger partial charge is 0.459 e. The van der Waals surface area contributed by atoms with Crippen molar-refractivity contribution in [1.82, 2.24) is 0 Å². The van der Waals surface area contributed by atoms with Crippen molar-refractivity contribution in [2.24, 2.45) is 0 Å². The van der Waals surface area contributed by atoms with Gasteiger partial charge in [-0.2, -0.15) is 0 Å². The third kappa shape index (κ3) is 11.3. The Labute approximate surface area is 256 Å². The summed E-state index contributed by atoms with van der Waals surface area (Å²) in [5.74, 6) is -0.848. The second kappa shape index (κ2) is 17.9. The van der Waals surface area contributed by atoms with E-state index >= 15 is 0 Å². The summed E-state index contributed by atoms with van der Waals surface area (Å²) in [4.78, 5) is 37.7. The SMILES string of the molecule is CCCCCC[C@@H](C)OC(=O)c1ccc(OC(=O)c2ccc(-c3ccc(C(=O)O[C@H](C)CCCCCC)cc3)cc2)cc1. The third-order valence-corrected chi connectivity index (χ3v) is 7.42. The Hall–Kier alpha value is -3.93. The van der Waals surface area contributed by atoms with Gasteiger partial charge >= 0.3 is 17.9 Å². The van der Waals surface area contributed by atoms with E-state index in [2.05, 4.69) is 13.8 Å². The molecule has 0 fully saturated rings. The Kier molecular flexibility index (Phi) is 14.0. The van der Waals surface area contributed by atoms with Crippen LogP contribution in [0.2, 0.25) is 0 Å². The van der Waals surface area contributed by atoms with Crippen LogP contribution in [0.1, 0.15) is 123 Å². The van der Waals surface area contributed by atoms with Crippen LogP contribution >= 0.6 is 0 Å². The second-order valence-corrected chi connectivity index (χ2v) is 11.2. The predicted molar refractivity (Wildman–Crippen MR) is 171 cm³/mol. The molecule has 0 radical (unpaired) electrons. The first-order valence-electron chi connectivity index (χ1n) is 15.7. The minimum absolute atomic E-state index is 0.107. The van der Waals surface area contributed by atoms with Gasteiger partial charge in [0.25, 0.3) is 0 Å². The van der Waals surface area contributed by atoms with E-state index in [1.807, 2.05) is 38.1 Å². The van der Waals surface area contributed by atoms with Gasteiger partial charge in [-0.3, -0.25) is 0 Å². The number of rotatable bonds is 17. The molecule has 0 aliphatic rings. The zero-order valence-electron chi connectivity index (χ0n) is 26.1. The summed E-state index contributed by atoms with van der Waals surface area (Å²) in [6.07, 6.45) is 10.6. The number of hydrogen-bond acceptors (Lipinski definition) is 6. The highest BCUT2D eigenvalue weighted by molar-refractivity contribution is 5.93. The zero-order valence-corrected chi connectivity index (χ0v) is 26.1. The quantitative estimate of drug-likeness (QED) is 0.0890. The van der Waals surface area contributed by atoms with E-state index in [-0.39, 0.29) is 24.1 Å². The monoisotopic (exact) mass is 586 g/mol. The van der Waals surface area contributed by atoms with Crippen LogP contribution < -0.4 is 4.74 Å². The lowest BCUT2D eigenvalue weighted by molar-refractivity contribution is 0.0309. The first-order chi connectivity index (χ1) is 20.8. The van der Waals surface area contributed by atoms with E-state index < -0.39 is 5.97 Å². The molecule has 0 heterocycles. The predicted octanol–water partition coefficient (Wildman–Crippen LogP) is 9.60. The fraction of sp³-hybridized carbons (Fsp3) is 0.432. The number of carbonyl (C=O) groups excluding carboxylic acids is 3. The van der Waals surface area contributed by atoms with Gasteiger partial charge in [0.05, 0.1) is 28.9 Å². The van der Waals surface area contributed by atoms with E-state index in [1.165, 1.54) is 25.7 Å². The molecule has 0 spiro atoms. The lowest BCUT2D eigenvalue weighted by Gasteiger charge is -2.13. The van der Waals surface area contributed by atoms with Crippen molar-refractivity contribution in [3.8, 4) is 16.9 Å². The van der Waals surface area contributed by atoms with Crippen LogP contribution in [0.3, 0.4) is 0 Å². The summed E-state index contributed by atoms with van der Waals surface area (Å²) in [5, 5.41) is 0. The third-order valence-electron chi connectivity index (χ3n) is 7.42. The van der Waals surface area contributed by atoms with Crippen molar-refractivity contribution in [3.05, 3.63) is 89.5 Å². The average Bonchev–Trinajstić information content (AvgIpc) is 3.02. The summed E-state index contributed by atoms with van der Waals surface area (Å²) < 4.78 is 16.6. The van der Waals surface area contributed by atoms with Crippen molar-refractivity contribution < 1.29 is 28.6 Å². The summed E-state index contributed by atoms with van der Waals surface area (Å²) in [6, 6.07) is 20.7. The van der Waals surface area contributed by atoms with E-state index in [9.17, 15) is 14.4 Å². The van der Waals surface area contributed by atoms with Gasteiger partial charge in [-0.15, -0.1) is 0 Å². The van der Waals surface area contributed by atoms with Crippen LogP contribution in [-0.2, 0) is 9.47 Å². The molecule has 0 bridgehead atoms. The number of benzene rings is 3. The van der Waals surface area contributed by atoms with Gasteiger partial charge in [-0.1, -0.05) is 76.6 Å². The van der Waals surface area contributed by atoms with Gasteiger partial charge < -0.3 is 14.2 Å². The Morgan fingerprint density at radius 2 is 0.884 bits per heavy atom. The van der Waals surface area contributed by atoms with Crippen LogP contribution in [0, 0.1) is 0 Å². The van der Waals surface area contributed by atoms with Gasteiger partial charge in [0.2, 0.25) is 0 Å². The van der Waals surface area contributed by atoms with E-state index in [1.54, 1.807) is 48.5 Å². The van der Waals surface area contributed by atoms with Crippen molar-refractivity contribution in [2.45, 2.75) is 104 Å². The molecular formula is C37H46O6. The van der Waals surface area contributed by atoms with Gasteiger partial charge in [0.15, 0.2) is 0 Å². The van der Waals surface area contributed by atoms with Gasteiger partial charge in [-0.25, -0.2) is 14.4 Å². The molecule has 2 atom stereocenters. The fourth-order valence-electron chi connectivity index (χ4n) is 4.76. The van der Waals surface area contributed by atoms with Crippen LogP contribution in [0.4, 0.5) is 0 Å². The van der Waals surface area contributed by atoms with E-state index in [0.29, 0.717) is 22.4 Å². The molecule has 0 aliphatic heterocycles. The standard InChI is InChI=1S/C37H46O6/c1-5-7-9-11-13-27(3)41-35(38)31-19-15-29(16-20-31)30-17-21-32(22-18-30)37(40)43-34-25-23-33(24-26-34)36(39)42-28(4)14-12-10-8-6-2/h15-28H,5-14H2,1-4H3/t27-,28-/m1/s1. The second-order valence-electron chi connectivity index (χ2n) is 11.2. The minimum Gasteiger partial charge on any atom is -0.459 e. The van der Waals surface area contributed by atoms with Crippen molar-refractivity contribution >= 4 is 17.9 Å². The Morgan fingerprint density at radius 3 is 1.28 bits per heavy atom. The van der Waals surface area contributed by atoms with E-state index in [4.69, 9.17) is 14.2 Å². The smallest absolute Gasteiger partial charge is 0.343 e. The molecule has 43 heavy (non-hydrogen) atoms. The summed E-state index contributed by atoms with van der Waals surface area (Å²) in [6.45, 7) is 8.19. The summed E-state index contributed by atoms with van der Waals surface area (Å²) in [5.41, 5.74) is 3.16. The molecule has 6 heteroatoms. The highest BCUT2D eigenvalue weighted by atomic mass is 16.5. The molecule has 0 amide bonds. The molecule has 3 aromatic carbocycles. The van der Waals surface area contributed by atoms with Crippen LogP contribution in [0.5, 0.6) is 5.75 Å². The van der Waals surface area contributed by atoms with Crippen LogP contribution in [0.15, 0.2) is 72.8 Å². The molecule has 3 aromatic rings. The highest BCUT2D eigenvalue weighted by Gasteiger charge is 2.15. The number of carbonyl (C=O) groups is 3. The lowest BCUT2D eigenvalue weighted by atomic mass is 10.0. The molecule has 0 aromatic heterocycles. The van der Waals surface area contributed by atoms with Gasteiger partial charge in [-0.05, 0) is 99.2 Å². The molecule has 0 unspecified atom stereocenters.